The minimum Gasteiger partial charge on any atom is -0.494 e. The highest BCUT2D eigenvalue weighted by Gasteiger charge is 2.30. The smallest absolute Gasteiger partial charge is 0.253 e. The maximum absolute atomic E-state index is 12.8. The molecule has 3 aromatic rings. The Kier molecular flexibility index (Phi) is 4.32. The largest absolute Gasteiger partial charge is 0.494 e. The normalized spacial score (nSPS) is 17.0. The second-order valence-electron chi connectivity index (χ2n) is 6.59. The minimum absolute atomic E-state index is 0.0657. The molecule has 0 spiro atoms. The summed E-state index contributed by atoms with van der Waals surface area (Å²) in [6.07, 6.45) is 4.52. The van der Waals surface area contributed by atoms with Crippen molar-refractivity contribution in [1.82, 2.24) is 19.4 Å². The van der Waals surface area contributed by atoms with Gasteiger partial charge in [-0.3, -0.25) is 9.78 Å². The topological polar surface area (TPSA) is 60.2 Å². The first kappa shape index (κ1) is 16.6. The van der Waals surface area contributed by atoms with Crippen LogP contribution in [0.3, 0.4) is 0 Å². The number of hydrogen-bond donors (Lipinski definition) is 0. The maximum Gasteiger partial charge on any atom is 0.253 e. The Balaban J connectivity index is 1.50. The lowest BCUT2D eigenvalue weighted by Gasteiger charge is -2.17. The van der Waals surface area contributed by atoms with Gasteiger partial charge in [0.05, 0.1) is 23.8 Å². The third-order valence-electron chi connectivity index (χ3n) is 4.97. The fourth-order valence-corrected chi connectivity index (χ4v) is 3.62. The molecule has 0 radical (unpaired) electrons. The SMILES string of the molecule is CCOc1ccc(C(=O)N2CCC(c3nc4ccncc4n3C)C2)cc1. The summed E-state index contributed by atoms with van der Waals surface area (Å²) in [5.74, 6) is 2.13. The average molecular weight is 350 g/mol. The number of pyridine rings is 1. The van der Waals surface area contributed by atoms with Crippen LogP contribution in [0.5, 0.6) is 5.75 Å². The van der Waals surface area contributed by atoms with Gasteiger partial charge in [0.1, 0.15) is 11.6 Å². The van der Waals surface area contributed by atoms with E-state index in [4.69, 9.17) is 9.72 Å². The second kappa shape index (κ2) is 6.78. The molecule has 0 bridgehead atoms. The van der Waals surface area contributed by atoms with Crippen LogP contribution in [0.25, 0.3) is 11.0 Å². The molecule has 6 heteroatoms. The number of carbonyl (C=O) groups is 1. The van der Waals surface area contributed by atoms with Crippen LogP contribution in [0.2, 0.25) is 0 Å². The van der Waals surface area contributed by atoms with E-state index >= 15 is 0 Å². The Labute approximate surface area is 152 Å². The summed E-state index contributed by atoms with van der Waals surface area (Å²) in [5, 5.41) is 0. The zero-order valence-electron chi connectivity index (χ0n) is 15.1. The van der Waals surface area contributed by atoms with Crippen LogP contribution in [0.1, 0.15) is 35.4 Å². The van der Waals surface area contributed by atoms with Crippen molar-refractivity contribution in [3.63, 3.8) is 0 Å². The van der Waals surface area contributed by atoms with Crippen molar-refractivity contribution in [3.8, 4) is 5.75 Å². The van der Waals surface area contributed by atoms with Crippen molar-refractivity contribution in [3.05, 3.63) is 54.1 Å². The van der Waals surface area contributed by atoms with Gasteiger partial charge >= 0.3 is 0 Å². The molecule has 1 aromatic carbocycles. The summed E-state index contributed by atoms with van der Waals surface area (Å²) < 4.78 is 7.54. The molecule has 0 saturated carbocycles. The van der Waals surface area contributed by atoms with E-state index in [1.54, 1.807) is 6.20 Å². The molecule has 134 valence electrons. The third kappa shape index (κ3) is 2.92. The molecule has 26 heavy (non-hydrogen) atoms. The maximum atomic E-state index is 12.8. The van der Waals surface area contributed by atoms with Crippen molar-refractivity contribution < 1.29 is 9.53 Å². The number of benzene rings is 1. The zero-order chi connectivity index (χ0) is 18.1. The van der Waals surface area contributed by atoms with Crippen molar-refractivity contribution in [1.29, 1.82) is 0 Å². The summed E-state index contributed by atoms with van der Waals surface area (Å²) in [6, 6.07) is 9.30. The van der Waals surface area contributed by atoms with E-state index in [2.05, 4.69) is 9.55 Å². The molecule has 6 nitrogen and oxygen atoms in total. The fraction of sp³-hybridized carbons (Fsp3) is 0.350. The lowest BCUT2D eigenvalue weighted by molar-refractivity contribution is 0.0790. The lowest BCUT2D eigenvalue weighted by Crippen LogP contribution is -2.28. The van der Waals surface area contributed by atoms with Crippen LogP contribution < -0.4 is 4.74 Å². The summed E-state index contributed by atoms with van der Waals surface area (Å²) in [6.45, 7) is 4.00. The monoisotopic (exact) mass is 350 g/mol. The highest BCUT2D eigenvalue weighted by molar-refractivity contribution is 5.94. The van der Waals surface area contributed by atoms with Crippen LogP contribution in [0.4, 0.5) is 0 Å². The molecule has 1 unspecified atom stereocenters. The van der Waals surface area contributed by atoms with Gasteiger partial charge < -0.3 is 14.2 Å². The quantitative estimate of drug-likeness (QED) is 0.726. The number of rotatable bonds is 4. The van der Waals surface area contributed by atoms with E-state index in [1.807, 2.05) is 55.4 Å². The standard InChI is InChI=1S/C20H22N4O2/c1-3-26-16-6-4-14(5-7-16)20(25)24-11-9-15(13-24)19-22-17-8-10-21-12-18(17)23(19)2/h4-8,10,12,15H,3,9,11,13H2,1-2H3. The van der Waals surface area contributed by atoms with Gasteiger partial charge in [0.2, 0.25) is 0 Å². The van der Waals surface area contributed by atoms with Gasteiger partial charge in [0, 0.05) is 37.8 Å². The first-order valence-electron chi connectivity index (χ1n) is 8.96. The first-order chi connectivity index (χ1) is 12.7. The molecule has 0 aliphatic carbocycles. The van der Waals surface area contributed by atoms with E-state index in [-0.39, 0.29) is 11.8 Å². The van der Waals surface area contributed by atoms with Gasteiger partial charge in [0.25, 0.3) is 5.91 Å². The number of amides is 1. The number of aryl methyl sites for hydroxylation is 1. The minimum atomic E-state index is 0.0657. The zero-order valence-corrected chi connectivity index (χ0v) is 15.1. The molecule has 2 aromatic heterocycles. The number of likely N-dealkylation sites (tertiary alicyclic amines) is 1. The van der Waals surface area contributed by atoms with Gasteiger partial charge in [-0.15, -0.1) is 0 Å². The van der Waals surface area contributed by atoms with Gasteiger partial charge in [-0.1, -0.05) is 0 Å². The Morgan fingerprint density at radius 1 is 1.27 bits per heavy atom. The van der Waals surface area contributed by atoms with Gasteiger partial charge in [-0.25, -0.2) is 4.98 Å². The van der Waals surface area contributed by atoms with Crippen LogP contribution in [-0.4, -0.2) is 45.0 Å². The van der Waals surface area contributed by atoms with E-state index in [0.29, 0.717) is 18.7 Å². The van der Waals surface area contributed by atoms with Gasteiger partial charge in [-0.05, 0) is 43.7 Å². The predicted molar refractivity (Wildman–Crippen MR) is 99.4 cm³/mol. The molecule has 0 N–H and O–H groups in total. The highest BCUT2D eigenvalue weighted by Crippen LogP contribution is 2.29. The lowest BCUT2D eigenvalue weighted by atomic mass is 10.1. The Morgan fingerprint density at radius 3 is 2.81 bits per heavy atom. The summed E-state index contributed by atoms with van der Waals surface area (Å²) in [4.78, 5) is 23.7. The molecule has 1 fully saturated rings. The van der Waals surface area contributed by atoms with Crippen molar-refractivity contribution in [2.45, 2.75) is 19.3 Å². The van der Waals surface area contributed by atoms with E-state index in [1.165, 1.54) is 0 Å². The molecular weight excluding hydrogens is 328 g/mol. The molecule has 1 saturated heterocycles. The average Bonchev–Trinajstić information content (AvgIpc) is 3.27. The van der Waals surface area contributed by atoms with E-state index in [0.717, 1.165) is 35.6 Å². The van der Waals surface area contributed by atoms with Crippen LogP contribution in [-0.2, 0) is 7.05 Å². The Bertz CT molecular complexity index is 933. The van der Waals surface area contributed by atoms with Crippen molar-refractivity contribution in [2.75, 3.05) is 19.7 Å². The Hall–Kier alpha value is -2.89. The van der Waals surface area contributed by atoms with Gasteiger partial charge in [-0.2, -0.15) is 0 Å². The number of nitrogens with zero attached hydrogens (tertiary/aromatic N) is 4. The molecule has 1 aliphatic heterocycles. The molecule has 1 atom stereocenters. The number of ether oxygens (including phenoxy) is 1. The second-order valence-corrected chi connectivity index (χ2v) is 6.59. The third-order valence-corrected chi connectivity index (χ3v) is 4.97. The summed E-state index contributed by atoms with van der Waals surface area (Å²) in [7, 11) is 2.02. The highest BCUT2D eigenvalue weighted by atomic mass is 16.5. The first-order valence-corrected chi connectivity index (χ1v) is 8.96. The van der Waals surface area contributed by atoms with Crippen molar-refractivity contribution in [2.24, 2.45) is 7.05 Å². The predicted octanol–water partition coefficient (Wildman–Crippen LogP) is 3.00. The van der Waals surface area contributed by atoms with E-state index < -0.39 is 0 Å². The van der Waals surface area contributed by atoms with E-state index in [9.17, 15) is 4.79 Å². The van der Waals surface area contributed by atoms with Crippen LogP contribution >= 0.6 is 0 Å². The fourth-order valence-electron chi connectivity index (χ4n) is 3.62. The molecule has 1 amide bonds. The number of fused-ring (bicyclic) bond motifs is 1. The van der Waals surface area contributed by atoms with Gasteiger partial charge in [0.15, 0.2) is 0 Å². The summed E-state index contributed by atoms with van der Waals surface area (Å²) >= 11 is 0. The Morgan fingerprint density at radius 2 is 2.08 bits per heavy atom. The number of hydrogen-bond acceptors (Lipinski definition) is 4. The van der Waals surface area contributed by atoms with Crippen LogP contribution in [0, 0.1) is 0 Å². The van der Waals surface area contributed by atoms with Crippen molar-refractivity contribution >= 4 is 16.9 Å². The molecule has 1 aliphatic rings. The molecule has 3 heterocycles. The molecular formula is C20H22N4O2. The number of aromatic nitrogens is 3. The number of imidazole rings is 1. The summed E-state index contributed by atoms with van der Waals surface area (Å²) in [5.41, 5.74) is 2.68. The number of carbonyl (C=O) groups excluding carboxylic acids is 1. The molecule has 4 rings (SSSR count). The van der Waals surface area contributed by atoms with Crippen LogP contribution in [0.15, 0.2) is 42.7 Å².